The number of fused-ring (bicyclic) bond motifs is 1. The van der Waals surface area contributed by atoms with Gasteiger partial charge in [0.05, 0.1) is 17.5 Å². The number of ether oxygens (including phenoxy) is 1. The molecule has 2 rings (SSSR count). The SMILES string of the molecule is O=S(=O)(Cl)c1ccc2c(c1)C(NS(=O)(=O)C(F)F)CCO2. The topological polar surface area (TPSA) is 89.5 Å². The summed E-state index contributed by atoms with van der Waals surface area (Å²) < 4.78 is 77.0. The van der Waals surface area contributed by atoms with Gasteiger partial charge in [-0.25, -0.2) is 21.6 Å². The van der Waals surface area contributed by atoms with Crippen molar-refractivity contribution in [1.29, 1.82) is 0 Å². The molecular formula is C10H10ClF2NO5S2. The molecule has 11 heteroatoms. The Labute approximate surface area is 124 Å². The second-order valence-electron chi connectivity index (χ2n) is 4.25. The van der Waals surface area contributed by atoms with E-state index in [1.807, 2.05) is 4.72 Å². The highest BCUT2D eigenvalue weighted by molar-refractivity contribution is 8.13. The molecule has 1 atom stereocenters. The van der Waals surface area contributed by atoms with Gasteiger partial charge in [0.15, 0.2) is 0 Å². The molecule has 0 radical (unpaired) electrons. The van der Waals surface area contributed by atoms with Gasteiger partial charge in [-0.05, 0) is 18.2 Å². The van der Waals surface area contributed by atoms with Gasteiger partial charge in [-0.3, -0.25) is 0 Å². The van der Waals surface area contributed by atoms with Crippen LogP contribution in [0.25, 0.3) is 0 Å². The Morgan fingerprint density at radius 3 is 2.52 bits per heavy atom. The number of sulfonamides is 1. The zero-order valence-electron chi connectivity index (χ0n) is 10.3. The third kappa shape index (κ3) is 3.62. The molecule has 21 heavy (non-hydrogen) atoms. The number of hydrogen-bond acceptors (Lipinski definition) is 5. The van der Waals surface area contributed by atoms with Crippen molar-refractivity contribution in [1.82, 2.24) is 4.72 Å². The Morgan fingerprint density at radius 1 is 1.29 bits per heavy atom. The molecule has 118 valence electrons. The van der Waals surface area contributed by atoms with Gasteiger partial charge in [0.1, 0.15) is 5.75 Å². The van der Waals surface area contributed by atoms with Crippen LogP contribution in [0.5, 0.6) is 5.75 Å². The zero-order chi connectivity index (χ0) is 15.8. The minimum absolute atomic E-state index is 0.0880. The Balaban J connectivity index is 2.43. The van der Waals surface area contributed by atoms with E-state index in [0.29, 0.717) is 0 Å². The molecule has 0 aliphatic carbocycles. The van der Waals surface area contributed by atoms with Gasteiger partial charge in [0, 0.05) is 22.7 Å². The number of alkyl halides is 2. The molecule has 1 aliphatic heterocycles. The fourth-order valence-electron chi connectivity index (χ4n) is 1.90. The van der Waals surface area contributed by atoms with Crippen LogP contribution in [0.1, 0.15) is 18.0 Å². The molecule has 1 aromatic carbocycles. The lowest BCUT2D eigenvalue weighted by atomic mass is 10.0. The fourth-order valence-corrected chi connectivity index (χ4v) is 3.43. The summed E-state index contributed by atoms with van der Waals surface area (Å²) in [7, 11) is -3.63. The average molecular weight is 362 g/mol. The van der Waals surface area contributed by atoms with E-state index in [9.17, 15) is 25.6 Å². The molecular weight excluding hydrogens is 352 g/mol. The number of nitrogens with one attached hydrogen (secondary N) is 1. The second kappa shape index (κ2) is 5.67. The Bertz CT molecular complexity index is 751. The number of halogens is 3. The van der Waals surface area contributed by atoms with Gasteiger partial charge >= 0.3 is 5.76 Å². The summed E-state index contributed by atoms with van der Waals surface area (Å²) in [4.78, 5) is -0.269. The third-order valence-corrected chi connectivity index (χ3v) is 5.28. The minimum atomic E-state index is -4.81. The van der Waals surface area contributed by atoms with Crippen LogP contribution in [0.4, 0.5) is 8.78 Å². The Morgan fingerprint density at radius 2 is 1.95 bits per heavy atom. The summed E-state index contributed by atoms with van der Waals surface area (Å²) >= 11 is 0. The van der Waals surface area contributed by atoms with Crippen LogP contribution < -0.4 is 9.46 Å². The van der Waals surface area contributed by atoms with Crippen molar-refractivity contribution in [2.24, 2.45) is 0 Å². The Kier molecular flexibility index (Phi) is 4.43. The first kappa shape index (κ1) is 16.4. The van der Waals surface area contributed by atoms with Crippen molar-refractivity contribution >= 4 is 29.8 Å². The van der Waals surface area contributed by atoms with E-state index < -0.39 is 30.9 Å². The summed E-state index contributed by atoms with van der Waals surface area (Å²) in [5.41, 5.74) is 0.146. The number of benzene rings is 1. The lowest BCUT2D eigenvalue weighted by Crippen LogP contribution is -2.35. The van der Waals surface area contributed by atoms with Crippen molar-refractivity contribution in [3.8, 4) is 5.75 Å². The van der Waals surface area contributed by atoms with Crippen LogP contribution in [-0.4, -0.2) is 29.2 Å². The monoisotopic (exact) mass is 361 g/mol. The zero-order valence-corrected chi connectivity index (χ0v) is 12.7. The molecule has 0 saturated carbocycles. The van der Waals surface area contributed by atoms with Gasteiger partial charge in [0.25, 0.3) is 19.1 Å². The summed E-state index contributed by atoms with van der Waals surface area (Å²) in [6, 6.07) is 2.58. The highest BCUT2D eigenvalue weighted by Crippen LogP contribution is 2.35. The molecule has 0 saturated heterocycles. The van der Waals surface area contributed by atoms with Crippen LogP contribution >= 0.6 is 10.7 Å². The summed E-state index contributed by atoms with van der Waals surface area (Å²) in [5.74, 6) is -3.36. The summed E-state index contributed by atoms with van der Waals surface area (Å²) in [6.45, 7) is 0.108. The highest BCUT2D eigenvalue weighted by atomic mass is 35.7. The van der Waals surface area contributed by atoms with E-state index in [1.54, 1.807) is 0 Å². The van der Waals surface area contributed by atoms with Crippen LogP contribution in [0.3, 0.4) is 0 Å². The molecule has 0 amide bonds. The van der Waals surface area contributed by atoms with E-state index in [4.69, 9.17) is 15.4 Å². The molecule has 1 heterocycles. The predicted molar refractivity (Wildman–Crippen MR) is 70.4 cm³/mol. The van der Waals surface area contributed by atoms with Gasteiger partial charge < -0.3 is 4.74 Å². The lowest BCUT2D eigenvalue weighted by Gasteiger charge is -2.26. The fraction of sp³-hybridized carbons (Fsp3) is 0.400. The quantitative estimate of drug-likeness (QED) is 0.822. The van der Waals surface area contributed by atoms with Crippen LogP contribution in [0, 0.1) is 0 Å². The lowest BCUT2D eigenvalue weighted by molar-refractivity contribution is 0.226. The standard InChI is InChI=1S/C10H10ClF2NO5S2/c11-20(15,16)6-1-2-9-7(5-6)8(3-4-19-9)14-21(17,18)10(12)13/h1-2,5,8,10,14H,3-4H2. The van der Waals surface area contributed by atoms with Gasteiger partial charge in [-0.1, -0.05) is 0 Å². The first-order chi connectivity index (χ1) is 9.61. The molecule has 1 unspecified atom stereocenters. The molecule has 1 aromatic rings. The van der Waals surface area contributed by atoms with Crippen LogP contribution in [0.2, 0.25) is 0 Å². The van der Waals surface area contributed by atoms with Crippen molar-refractivity contribution in [2.75, 3.05) is 6.61 Å². The van der Waals surface area contributed by atoms with E-state index >= 15 is 0 Å². The smallest absolute Gasteiger partial charge is 0.350 e. The molecule has 1 N–H and O–H groups in total. The van der Waals surface area contributed by atoms with Crippen molar-refractivity contribution in [2.45, 2.75) is 23.1 Å². The third-order valence-electron chi connectivity index (χ3n) is 2.84. The van der Waals surface area contributed by atoms with E-state index in [-0.39, 0.29) is 29.2 Å². The maximum Gasteiger partial charge on any atom is 0.350 e. The second-order valence-corrected chi connectivity index (χ2v) is 8.50. The number of rotatable bonds is 4. The molecule has 0 spiro atoms. The molecule has 1 aliphatic rings. The van der Waals surface area contributed by atoms with E-state index in [0.717, 1.165) is 6.07 Å². The highest BCUT2D eigenvalue weighted by Gasteiger charge is 2.31. The predicted octanol–water partition coefficient (Wildman–Crippen LogP) is 1.58. The van der Waals surface area contributed by atoms with E-state index in [1.165, 1.54) is 12.1 Å². The summed E-state index contributed by atoms with van der Waals surface area (Å²) in [6.07, 6.45) is 0.0880. The molecule has 6 nitrogen and oxygen atoms in total. The Hall–Kier alpha value is -0.970. The van der Waals surface area contributed by atoms with E-state index in [2.05, 4.69) is 0 Å². The summed E-state index contributed by atoms with van der Waals surface area (Å²) in [5, 5.41) is 0. The maximum atomic E-state index is 12.4. The first-order valence-electron chi connectivity index (χ1n) is 5.62. The largest absolute Gasteiger partial charge is 0.493 e. The van der Waals surface area contributed by atoms with Gasteiger partial charge in [0.2, 0.25) is 0 Å². The average Bonchev–Trinajstić information content (AvgIpc) is 2.37. The molecule has 0 bridgehead atoms. The van der Waals surface area contributed by atoms with Crippen molar-refractivity contribution in [3.63, 3.8) is 0 Å². The maximum absolute atomic E-state index is 12.4. The number of hydrogen-bond donors (Lipinski definition) is 1. The minimum Gasteiger partial charge on any atom is -0.493 e. The first-order valence-corrected chi connectivity index (χ1v) is 9.47. The molecule has 0 fully saturated rings. The van der Waals surface area contributed by atoms with Crippen LogP contribution in [0.15, 0.2) is 23.1 Å². The van der Waals surface area contributed by atoms with Crippen molar-refractivity contribution < 1.29 is 30.4 Å². The van der Waals surface area contributed by atoms with Crippen molar-refractivity contribution in [3.05, 3.63) is 23.8 Å². The normalized spacial score (nSPS) is 19.1. The van der Waals surface area contributed by atoms with Gasteiger partial charge in [-0.2, -0.15) is 8.78 Å². The van der Waals surface area contributed by atoms with Gasteiger partial charge in [-0.15, -0.1) is 0 Å². The van der Waals surface area contributed by atoms with Crippen LogP contribution in [-0.2, 0) is 19.1 Å². The molecule has 0 aromatic heterocycles.